The monoisotopic (exact) mass is 473 g/mol. The Kier molecular flexibility index (Phi) is 8.83. The minimum atomic E-state index is -2.90. The average molecular weight is 474 g/mol. The third-order valence-electron chi connectivity index (χ3n) is 5.17. The number of hydrogen-bond acceptors (Lipinski definition) is 5. The van der Waals surface area contributed by atoms with E-state index in [0.29, 0.717) is 0 Å². The van der Waals surface area contributed by atoms with E-state index in [9.17, 15) is 19.5 Å². The molecule has 2 rings (SSSR count). The fourth-order valence-corrected chi connectivity index (χ4v) is 9.28. The molecule has 172 valence electrons. The number of carbonyl (C=O) groups excluding carboxylic acids is 2. The van der Waals surface area contributed by atoms with Crippen LogP contribution in [0, 0.1) is 0 Å². The summed E-state index contributed by atoms with van der Waals surface area (Å²) >= 11 is 0.867. The normalized spacial score (nSPS) is 13.8. The van der Waals surface area contributed by atoms with Crippen LogP contribution in [0.1, 0.15) is 34.6 Å². The number of carboxylic acids is 1. The van der Waals surface area contributed by atoms with Gasteiger partial charge in [0.25, 0.3) is 8.32 Å². The predicted octanol–water partition coefficient (Wildman–Crippen LogP) is 2.80. The summed E-state index contributed by atoms with van der Waals surface area (Å²) < 4.78 is 6.74. The molecule has 0 bridgehead atoms. The van der Waals surface area contributed by atoms with Crippen LogP contribution in [-0.2, 0) is 18.8 Å². The van der Waals surface area contributed by atoms with Gasteiger partial charge in [-0.2, -0.15) is 0 Å². The second-order valence-electron chi connectivity index (χ2n) is 8.64. The highest BCUT2D eigenvalue weighted by atomic mass is 32.2. The number of rotatable bonds is 9. The van der Waals surface area contributed by atoms with Gasteiger partial charge in [0.2, 0.25) is 11.0 Å². The van der Waals surface area contributed by atoms with Crippen LogP contribution in [-0.4, -0.2) is 48.3 Å². The molecular weight excluding hydrogens is 442 g/mol. The fourth-order valence-electron chi connectivity index (χ4n) is 3.71. The second-order valence-corrected chi connectivity index (χ2v) is 13.9. The van der Waals surface area contributed by atoms with Crippen LogP contribution in [0.5, 0.6) is 0 Å². The van der Waals surface area contributed by atoms with E-state index < -0.39 is 32.3 Å². The molecule has 0 aromatic heterocycles. The minimum Gasteiger partial charge on any atom is -0.480 e. The third-order valence-corrected chi connectivity index (χ3v) is 11.4. The van der Waals surface area contributed by atoms with E-state index in [0.717, 1.165) is 22.1 Å². The lowest BCUT2D eigenvalue weighted by Crippen LogP contribution is -2.68. The number of nitrogens with one attached hydrogen (secondary N) is 1. The van der Waals surface area contributed by atoms with Crippen LogP contribution in [0.2, 0.25) is 5.04 Å². The van der Waals surface area contributed by atoms with E-state index in [-0.39, 0.29) is 15.9 Å². The van der Waals surface area contributed by atoms with Gasteiger partial charge in [0.1, 0.15) is 12.1 Å². The number of hydrogen-bond donors (Lipinski definition) is 2. The summed E-state index contributed by atoms with van der Waals surface area (Å²) in [4.78, 5) is 35.6. The maximum atomic E-state index is 13.0. The molecule has 0 aliphatic heterocycles. The predicted molar refractivity (Wildman–Crippen MR) is 131 cm³/mol. The van der Waals surface area contributed by atoms with Crippen molar-refractivity contribution in [3.05, 3.63) is 60.7 Å². The summed E-state index contributed by atoms with van der Waals surface area (Å²) in [6.07, 6.45) is -0.766. The van der Waals surface area contributed by atoms with Crippen molar-refractivity contribution in [2.45, 2.75) is 51.8 Å². The van der Waals surface area contributed by atoms with Gasteiger partial charge in [0, 0.05) is 12.7 Å². The Balaban J connectivity index is 2.36. The second kappa shape index (κ2) is 10.9. The molecule has 2 atom stereocenters. The highest BCUT2D eigenvalue weighted by molar-refractivity contribution is 8.13. The summed E-state index contributed by atoms with van der Waals surface area (Å²) in [6, 6.07) is 18.9. The highest BCUT2D eigenvalue weighted by Gasteiger charge is 2.51. The summed E-state index contributed by atoms with van der Waals surface area (Å²) in [5.41, 5.74) is 0. The van der Waals surface area contributed by atoms with Crippen LogP contribution in [0.25, 0.3) is 0 Å². The van der Waals surface area contributed by atoms with Gasteiger partial charge in [0.15, 0.2) is 0 Å². The van der Waals surface area contributed by atoms with Crippen LogP contribution in [0.4, 0.5) is 0 Å². The highest BCUT2D eigenvalue weighted by Crippen LogP contribution is 2.37. The molecule has 1 amide bonds. The summed E-state index contributed by atoms with van der Waals surface area (Å²) in [6.45, 7) is 9.34. The third kappa shape index (κ3) is 6.09. The molecule has 8 heteroatoms. The number of carbonyl (C=O) groups is 3. The lowest BCUT2D eigenvalue weighted by atomic mass is 10.2. The summed E-state index contributed by atoms with van der Waals surface area (Å²) in [5, 5.41) is 13.2. The van der Waals surface area contributed by atoms with Gasteiger partial charge >= 0.3 is 5.97 Å². The zero-order valence-electron chi connectivity index (χ0n) is 19.1. The lowest BCUT2D eigenvalue weighted by Gasteiger charge is -2.44. The van der Waals surface area contributed by atoms with E-state index >= 15 is 0 Å². The molecule has 0 aliphatic carbocycles. The Morgan fingerprint density at radius 2 is 1.47 bits per heavy atom. The van der Waals surface area contributed by atoms with Gasteiger partial charge in [-0.1, -0.05) is 93.2 Å². The Bertz CT molecular complexity index is 891. The first kappa shape index (κ1) is 25.8. The fraction of sp³-hybridized carbons (Fsp3) is 0.375. The van der Waals surface area contributed by atoms with E-state index in [1.165, 1.54) is 6.92 Å². The van der Waals surface area contributed by atoms with Crippen molar-refractivity contribution in [2.24, 2.45) is 0 Å². The minimum absolute atomic E-state index is 0.0673. The largest absolute Gasteiger partial charge is 0.480 e. The summed E-state index contributed by atoms with van der Waals surface area (Å²) in [5.74, 6) is -1.70. The van der Waals surface area contributed by atoms with Crippen LogP contribution < -0.4 is 15.7 Å². The molecule has 0 saturated heterocycles. The lowest BCUT2D eigenvalue weighted by molar-refractivity contribution is -0.140. The van der Waals surface area contributed by atoms with Crippen LogP contribution in [0.15, 0.2) is 60.7 Å². The van der Waals surface area contributed by atoms with Crippen molar-refractivity contribution >= 4 is 47.4 Å². The van der Waals surface area contributed by atoms with Crippen molar-refractivity contribution in [1.29, 1.82) is 0 Å². The van der Waals surface area contributed by atoms with Gasteiger partial charge in [-0.3, -0.25) is 9.59 Å². The zero-order chi connectivity index (χ0) is 23.9. The van der Waals surface area contributed by atoms with Gasteiger partial charge in [-0.15, -0.1) is 0 Å². The quantitative estimate of drug-likeness (QED) is 0.544. The Hall–Kier alpha value is -2.42. The molecule has 0 saturated carbocycles. The molecule has 0 spiro atoms. The van der Waals surface area contributed by atoms with E-state index in [4.69, 9.17) is 4.43 Å². The number of benzene rings is 2. The van der Waals surface area contributed by atoms with Crippen molar-refractivity contribution in [2.75, 3.05) is 5.75 Å². The SMILES string of the molecule is CC(=O)N[C@@H](CSC(=O)C(C)O[Si](c1ccccc1)(c1ccccc1)C(C)(C)C)C(=O)O. The van der Waals surface area contributed by atoms with Gasteiger partial charge in [-0.05, 0) is 22.3 Å². The Morgan fingerprint density at radius 1 is 1.00 bits per heavy atom. The first-order chi connectivity index (χ1) is 15.0. The molecule has 2 N–H and O–H groups in total. The molecule has 2 aromatic carbocycles. The van der Waals surface area contributed by atoms with E-state index in [1.54, 1.807) is 6.92 Å². The number of carboxylic acid groups (broad SMARTS) is 1. The molecule has 2 aromatic rings. The smallest absolute Gasteiger partial charge is 0.327 e. The number of amides is 1. The summed E-state index contributed by atoms with van der Waals surface area (Å²) in [7, 11) is -2.90. The van der Waals surface area contributed by atoms with Crippen LogP contribution in [0.3, 0.4) is 0 Å². The molecule has 32 heavy (non-hydrogen) atoms. The van der Waals surface area contributed by atoms with Crippen molar-refractivity contribution < 1.29 is 23.9 Å². The molecule has 0 heterocycles. The average Bonchev–Trinajstić information content (AvgIpc) is 2.74. The molecular formula is C24H31NO5SSi. The van der Waals surface area contributed by atoms with Gasteiger partial charge < -0.3 is 14.8 Å². The topological polar surface area (TPSA) is 92.7 Å². The molecule has 0 aliphatic rings. The maximum Gasteiger partial charge on any atom is 0.327 e. The standard InChI is InChI=1S/C24H31NO5SSi/c1-17(23(29)31-16-21(22(27)28)25-18(2)26)30-32(24(3,4)5,19-12-8-6-9-13-19)20-14-10-7-11-15-20/h6-15,17,21H,16H2,1-5H3,(H,25,26)(H,27,28)/t17?,21-/m0/s1. The van der Waals surface area contributed by atoms with E-state index in [1.807, 2.05) is 60.7 Å². The van der Waals surface area contributed by atoms with Crippen LogP contribution >= 0.6 is 11.8 Å². The van der Waals surface area contributed by atoms with Crippen molar-refractivity contribution in [3.8, 4) is 0 Å². The van der Waals surface area contributed by atoms with Gasteiger partial charge in [-0.25, -0.2) is 4.79 Å². The van der Waals surface area contributed by atoms with Crippen molar-refractivity contribution in [1.82, 2.24) is 5.32 Å². The molecule has 0 radical (unpaired) electrons. The number of aliphatic carboxylic acids is 1. The molecule has 1 unspecified atom stereocenters. The first-order valence-corrected chi connectivity index (χ1v) is 13.3. The van der Waals surface area contributed by atoms with E-state index in [2.05, 4.69) is 26.1 Å². The van der Waals surface area contributed by atoms with Crippen molar-refractivity contribution in [3.63, 3.8) is 0 Å². The molecule has 6 nitrogen and oxygen atoms in total. The Labute approximate surface area is 194 Å². The first-order valence-electron chi connectivity index (χ1n) is 10.4. The maximum absolute atomic E-state index is 13.0. The van der Waals surface area contributed by atoms with Gasteiger partial charge in [0.05, 0.1) is 0 Å². The zero-order valence-corrected chi connectivity index (χ0v) is 20.9. The number of thioether (sulfide) groups is 1. The Morgan fingerprint density at radius 3 is 1.84 bits per heavy atom. The molecule has 0 fully saturated rings.